The number of nitrogens with zero attached hydrogens (tertiary/aromatic N) is 2. The highest BCUT2D eigenvalue weighted by molar-refractivity contribution is 5.39. The second kappa shape index (κ2) is 11.5. The van der Waals surface area contributed by atoms with Gasteiger partial charge in [0.25, 0.3) is 0 Å². The van der Waals surface area contributed by atoms with Crippen molar-refractivity contribution in [2.45, 2.75) is 32.6 Å². The predicted octanol–water partition coefficient (Wildman–Crippen LogP) is 3.44. The van der Waals surface area contributed by atoms with Crippen molar-refractivity contribution in [1.29, 1.82) is 0 Å². The van der Waals surface area contributed by atoms with Crippen LogP contribution >= 0.6 is 0 Å². The first-order chi connectivity index (χ1) is 8.74. The Hall–Kier alpha value is -2.02. The van der Waals surface area contributed by atoms with Gasteiger partial charge >= 0.3 is 0 Å². The van der Waals surface area contributed by atoms with E-state index in [0.717, 1.165) is 25.7 Å². The molecule has 0 aliphatic rings. The van der Waals surface area contributed by atoms with E-state index < -0.39 is 0 Å². The molecule has 0 unspecified atom stereocenters. The van der Waals surface area contributed by atoms with E-state index in [1.807, 2.05) is 12.2 Å². The van der Waals surface area contributed by atoms with Gasteiger partial charge in [-0.15, -0.1) is 0 Å². The average Bonchev–Trinajstić information content (AvgIpc) is 2.37. The molecule has 0 aliphatic carbocycles. The van der Waals surface area contributed by atoms with Crippen molar-refractivity contribution in [1.82, 2.24) is 0 Å². The number of isocyanates is 2. The van der Waals surface area contributed by atoms with Crippen molar-refractivity contribution >= 4 is 12.2 Å². The molecule has 1 atom stereocenters. The Morgan fingerprint density at radius 1 is 1.33 bits per heavy atom. The smallest absolute Gasteiger partial charge is 0.211 e. The predicted molar refractivity (Wildman–Crippen MR) is 71.3 cm³/mol. The Labute approximate surface area is 108 Å². The lowest BCUT2D eigenvalue weighted by Gasteiger charge is -2.05. The minimum absolute atomic E-state index is 0.340. The van der Waals surface area contributed by atoms with Crippen LogP contribution in [0.1, 0.15) is 32.6 Å². The molecule has 0 fully saturated rings. The fourth-order valence-corrected chi connectivity index (χ4v) is 1.46. The summed E-state index contributed by atoms with van der Waals surface area (Å²) in [4.78, 5) is 26.7. The first-order valence-electron chi connectivity index (χ1n) is 5.88. The van der Waals surface area contributed by atoms with Crippen LogP contribution in [-0.4, -0.2) is 12.2 Å². The highest BCUT2D eigenvalue weighted by Crippen LogP contribution is 2.13. The van der Waals surface area contributed by atoms with Crippen LogP contribution in [0.5, 0.6) is 0 Å². The first-order valence-corrected chi connectivity index (χ1v) is 5.88. The number of hydrogen-bond donors (Lipinski definition) is 0. The molecule has 0 rings (SSSR count). The maximum Gasteiger partial charge on any atom is 0.240 e. The van der Waals surface area contributed by atoms with Crippen LogP contribution in [0.15, 0.2) is 46.7 Å². The van der Waals surface area contributed by atoms with E-state index in [0.29, 0.717) is 11.6 Å². The third-order valence-electron chi connectivity index (χ3n) is 2.35. The van der Waals surface area contributed by atoms with E-state index in [1.54, 1.807) is 6.08 Å². The molecule has 4 nitrogen and oxygen atoms in total. The molecule has 0 saturated carbocycles. The summed E-state index contributed by atoms with van der Waals surface area (Å²) < 4.78 is 0. The quantitative estimate of drug-likeness (QED) is 0.271. The van der Waals surface area contributed by atoms with Crippen molar-refractivity contribution in [3.63, 3.8) is 0 Å². The fourth-order valence-electron chi connectivity index (χ4n) is 1.46. The van der Waals surface area contributed by atoms with Crippen LogP contribution in [0.25, 0.3) is 0 Å². The van der Waals surface area contributed by atoms with E-state index in [4.69, 9.17) is 0 Å². The molecule has 0 aromatic heterocycles. The zero-order chi connectivity index (χ0) is 13.6. The second-order valence-corrected chi connectivity index (χ2v) is 3.87. The lowest BCUT2D eigenvalue weighted by Crippen LogP contribution is -1.91. The molecule has 0 saturated heterocycles. The normalized spacial score (nSPS) is 12.6. The van der Waals surface area contributed by atoms with Gasteiger partial charge in [-0.3, -0.25) is 0 Å². The van der Waals surface area contributed by atoms with E-state index in [9.17, 15) is 9.59 Å². The van der Waals surface area contributed by atoms with Crippen LogP contribution in [0.2, 0.25) is 0 Å². The summed E-state index contributed by atoms with van der Waals surface area (Å²) in [6.45, 7) is 5.64. The number of hydrogen-bond acceptors (Lipinski definition) is 4. The molecule has 0 spiro atoms. The Balaban J connectivity index is 3.89. The summed E-state index contributed by atoms with van der Waals surface area (Å²) in [5.74, 6) is 0.340. The minimum Gasteiger partial charge on any atom is -0.211 e. The van der Waals surface area contributed by atoms with E-state index in [2.05, 4.69) is 23.5 Å². The lowest BCUT2D eigenvalue weighted by atomic mass is 10.0. The van der Waals surface area contributed by atoms with Gasteiger partial charge in [-0.25, -0.2) is 9.59 Å². The highest BCUT2D eigenvalue weighted by atomic mass is 16.1. The molecule has 0 amide bonds. The molecule has 0 heterocycles. The second-order valence-electron chi connectivity index (χ2n) is 3.87. The SMILES string of the molecule is C=C/C(=C\[C@H](C)CCCC/C=C/N=C=O)N=C=O. The van der Waals surface area contributed by atoms with Crippen LogP contribution in [0.3, 0.4) is 0 Å². The largest absolute Gasteiger partial charge is 0.240 e. The van der Waals surface area contributed by atoms with Crippen LogP contribution in [0, 0.1) is 5.92 Å². The number of rotatable bonds is 9. The topological polar surface area (TPSA) is 58.9 Å². The Morgan fingerprint density at radius 3 is 2.72 bits per heavy atom. The number of allylic oxidation sites excluding steroid dienone is 3. The van der Waals surface area contributed by atoms with Crippen LogP contribution in [0.4, 0.5) is 0 Å². The summed E-state index contributed by atoms with van der Waals surface area (Å²) >= 11 is 0. The molecule has 96 valence electrons. The van der Waals surface area contributed by atoms with Crippen molar-refractivity contribution in [2.75, 3.05) is 0 Å². The van der Waals surface area contributed by atoms with Gasteiger partial charge in [-0.2, -0.15) is 9.98 Å². The van der Waals surface area contributed by atoms with Gasteiger partial charge in [0.1, 0.15) is 0 Å². The first kappa shape index (κ1) is 16.0. The van der Waals surface area contributed by atoms with Crippen LogP contribution < -0.4 is 0 Å². The maximum absolute atomic E-state index is 10.1. The summed E-state index contributed by atoms with van der Waals surface area (Å²) in [7, 11) is 0. The van der Waals surface area contributed by atoms with Crippen molar-refractivity contribution in [3.8, 4) is 0 Å². The van der Waals surface area contributed by atoms with E-state index >= 15 is 0 Å². The molecule has 4 heteroatoms. The zero-order valence-corrected chi connectivity index (χ0v) is 10.6. The standard InChI is InChI=1S/C14H18N2O2/c1-3-14(16-12-18)10-13(2)8-6-4-5-7-9-15-11-17/h3,7,9-10,13H,1,4-6,8H2,2H3/b9-7+,14-10+/t13-/m1/s1. The van der Waals surface area contributed by atoms with Gasteiger partial charge in [0.15, 0.2) is 0 Å². The van der Waals surface area contributed by atoms with Crippen LogP contribution in [-0.2, 0) is 9.59 Å². The molecule has 0 radical (unpaired) electrons. The molecule has 0 aromatic carbocycles. The maximum atomic E-state index is 10.1. The van der Waals surface area contributed by atoms with E-state index in [-0.39, 0.29) is 0 Å². The number of aliphatic imine (C=N–C) groups is 2. The van der Waals surface area contributed by atoms with Gasteiger partial charge in [-0.1, -0.05) is 32.1 Å². The minimum atomic E-state index is 0.340. The molecular formula is C14H18N2O2. The monoisotopic (exact) mass is 246 g/mol. The molecule has 0 aliphatic heterocycles. The van der Waals surface area contributed by atoms with Crippen molar-refractivity contribution in [2.24, 2.45) is 15.9 Å². The highest BCUT2D eigenvalue weighted by Gasteiger charge is 1.99. The molecule has 0 N–H and O–H groups in total. The van der Waals surface area contributed by atoms with Gasteiger partial charge < -0.3 is 0 Å². The Bertz CT molecular complexity index is 398. The number of carbonyl (C=O) groups excluding carboxylic acids is 2. The lowest BCUT2D eigenvalue weighted by molar-refractivity contribution is 0.564. The summed E-state index contributed by atoms with van der Waals surface area (Å²) in [5.41, 5.74) is 0.567. The van der Waals surface area contributed by atoms with Crippen molar-refractivity contribution < 1.29 is 9.59 Å². The Morgan fingerprint density at radius 2 is 2.11 bits per heavy atom. The van der Waals surface area contributed by atoms with Gasteiger partial charge in [-0.05, 0) is 31.3 Å². The van der Waals surface area contributed by atoms with Gasteiger partial charge in [0.05, 0.1) is 5.70 Å². The summed E-state index contributed by atoms with van der Waals surface area (Å²) in [5, 5.41) is 0. The fraction of sp³-hybridized carbons (Fsp3) is 0.429. The van der Waals surface area contributed by atoms with Crippen molar-refractivity contribution in [3.05, 3.63) is 36.7 Å². The molecule has 18 heavy (non-hydrogen) atoms. The average molecular weight is 246 g/mol. The summed E-state index contributed by atoms with van der Waals surface area (Å²) in [6, 6.07) is 0. The van der Waals surface area contributed by atoms with E-state index in [1.165, 1.54) is 18.4 Å². The summed E-state index contributed by atoms with van der Waals surface area (Å²) in [6.07, 6.45) is 13.7. The van der Waals surface area contributed by atoms with Gasteiger partial charge in [0.2, 0.25) is 12.2 Å². The molecular weight excluding hydrogens is 228 g/mol. The molecule has 0 aromatic rings. The van der Waals surface area contributed by atoms with Gasteiger partial charge in [0, 0.05) is 6.20 Å². The zero-order valence-electron chi connectivity index (χ0n) is 10.6. The number of unbranched alkanes of at least 4 members (excludes halogenated alkanes) is 2. The molecule has 0 bridgehead atoms. The Kier molecular flexibility index (Phi) is 10.2. The third-order valence-corrected chi connectivity index (χ3v) is 2.35. The third kappa shape index (κ3) is 9.22.